The van der Waals surface area contributed by atoms with E-state index in [1.165, 1.54) is 4.90 Å². The summed E-state index contributed by atoms with van der Waals surface area (Å²) < 4.78 is 5.29. The number of hydrogen-bond acceptors (Lipinski definition) is 5. The first kappa shape index (κ1) is 30.4. The molecule has 1 aromatic rings. The lowest BCUT2D eigenvalue weighted by Crippen LogP contribution is -2.57. The van der Waals surface area contributed by atoms with E-state index < -0.39 is 41.8 Å². The predicted molar refractivity (Wildman–Crippen MR) is 138 cm³/mol. The Labute approximate surface area is 210 Å². The number of alkyl carbamates (subject to hydrolysis) is 1. The van der Waals surface area contributed by atoms with Gasteiger partial charge in [-0.2, -0.15) is 0 Å². The van der Waals surface area contributed by atoms with Gasteiger partial charge in [-0.1, -0.05) is 44.2 Å². The molecule has 0 saturated carbocycles. The van der Waals surface area contributed by atoms with Crippen LogP contribution in [0.3, 0.4) is 0 Å². The van der Waals surface area contributed by atoms with Gasteiger partial charge in [0.2, 0.25) is 11.8 Å². The third-order valence-electron chi connectivity index (χ3n) is 5.20. The van der Waals surface area contributed by atoms with E-state index in [4.69, 9.17) is 4.74 Å². The molecule has 0 aliphatic carbocycles. The van der Waals surface area contributed by atoms with Crippen LogP contribution in [0.4, 0.5) is 4.79 Å². The first-order valence-corrected chi connectivity index (χ1v) is 12.3. The van der Waals surface area contributed by atoms with Crippen LogP contribution in [0.15, 0.2) is 30.3 Å². The molecule has 1 rings (SSSR count). The van der Waals surface area contributed by atoms with Gasteiger partial charge in [-0.3, -0.25) is 9.59 Å². The summed E-state index contributed by atoms with van der Waals surface area (Å²) in [7, 11) is 0. The van der Waals surface area contributed by atoms with E-state index in [0.717, 1.165) is 6.42 Å². The lowest BCUT2D eigenvalue weighted by atomic mass is 9.96. The number of benzene rings is 1. The Hall–Kier alpha value is -2.61. The Bertz CT molecular complexity index is 827. The zero-order valence-electron chi connectivity index (χ0n) is 22.8. The highest BCUT2D eigenvalue weighted by Gasteiger charge is 2.39. The Morgan fingerprint density at radius 2 is 1.54 bits per heavy atom. The summed E-state index contributed by atoms with van der Waals surface area (Å²) in [5.74, 6) is -0.476. The number of ether oxygens (including phenoxy) is 1. The lowest BCUT2D eigenvalue weighted by Gasteiger charge is -2.39. The topological polar surface area (TPSA) is 108 Å². The van der Waals surface area contributed by atoms with Crippen molar-refractivity contribution in [2.45, 2.75) is 104 Å². The monoisotopic (exact) mass is 491 g/mol. The fraction of sp³-hybridized carbons (Fsp3) is 0.667. The molecule has 3 unspecified atom stereocenters. The molecule has 0 aliphatic rings. The van der Waals surface area contributed by atoms with E-state index in [1.54, 1.807) is 32.9 Å². The van der Waals surface area contributed by atoms with Gasteiger partial charge in [-0.25, -0.2) is 4.79 Å². The van der Waals surface area contributed by atoms with Crippen LogP contribution in [0.2, 0.25) is 0 Å². The maximum Gasteiger partial charge on any atom is 0.408 e. The molecule has 0 spiro atoms. The van der Waals surface area contributed by atoms with Crippen molar-refractivity contribution in [2.75, 3.05) is 6.61 Å². The van der Waals surface area contributed by atoms with E-state index in [0.29, 0.717) is 17.9 Å². The first-order valence-electron chi connectivity index (χ1n) is 12.3. The molecule has 35 heavy (non-hydrogen) atoms. The van der Waals surface area contributed by atoms with Crippen LogP contribution >= 0.6 is 0 Å². The molecule has 0 heterocycles. The van der Waals surface area contributed by atoms with E-state index in [9.17, 15) is 19.5 Å². The molecule has 0 fully saturated rings. The number of hydrogen-bond donors (Lipinski definition) is 3. The van der Waals surface area contributed by atoms with Gasteiger partial charge in [-0.15, -0.1) is 0 Å². The lowest BCUT2D eigenvalue weighted by molar-refractivity contribution is -0.146. The normalized spacial score (nSPS) is 14.6. The highest BCUT2D eigenvalue weighted by atomic mass is 16.6. The first-order chi connectivity index (χ1) is 16.1. The molecular weight excluding hydrogens is 446 g/mol. The largest absolute Gasteiger partial charge is 0.444 e. The molecule has 3 atom stereocenters. The molecule has 8 nitrogen and oxygen atoms in total. The van der Waals surface area contributed by atoms with Crippen LogP contribution in [0, 0.1) is 5.92 Å². The fourth-order valence-corrected chi connectivity index (χ4v) is 3.64. The van der Waals surface area contributed by atoms with Gasteiger partial charge in [0.15, 0.2) is 0 Å². The van der Waals surface area contributed by atoms with Gasteiger partial charge in [0, 0.05) is 11.6 Å². The van der Waals surface area contributed by atoms with Crippen LogP contribution in [0.1, 0.15) is 86.8 Å². The number of nitrogens with one attached hydrogen (secondary N) is 2. The number of nitrogens with zero attached hydrogens (tertiary/aromatic N) is 1. The number of amides is 3. The minimum atomic E-state index is -1.26. The Morgan fingerprint density at radius 1 is 0.971 bits per heavy atom. The molecule has 0 radical (unpaired) electrons. The molecule has 198 valence electrons. The van der Waals surface area contributed by atoms with Gasteiger partial charge < -0.3 is 25.4 Å². The molecule has 3 N–H and O–H groups in total. The van der Waals surface area contributed by atoms with Crippen LogP contribution in [0.5, 0.6) is 0 Å². The molecular formula is C27H45N3O5. The van der Waals surface area contributed by atoms with Gasteiger partial charge in [-0.05, 0) is 72.8 Å². The smallest absolute Gasteiger partial charge is 0.408 e. The number of aliphatic hydroxyl groups is 1. The van der Waals surface area contributed by atoms with Gasteiger partial charge in [0.25, 0.3) is 0 Å². The second-order valence-corrected chi connectivity index (χ2v) is 11.5. The number of aliphatic hydroxyl groups excluding tert-OH is 1. The van der Waals surface area contributed by atoms with Crippen molar-refractivity contribution in [3.63, 3.8) is 0 Å². The molecule has 0 aromatic heterocycles. The van der Waals surface area contributed by atoms with Crippen molar-refractivity contribution < 1.29 is 24.2 Å². The number of carbonyl (C=O) groups is 3. The molecule has 3 amide bonds. The Morgan fingerprint density at radius 3 is 2.00 bits per heavy atom. The summed E-state index contributed by atoms with van der Waals surface area (Å²) in [6.45, 7) is 16.2. The highest BCUT2D eigenvalue weighted by Crippen LogP contribution is 2.28. The van der Waals surface area contributed by atoms with E-state index in [-0.39, 0.29) is 11.9 Å². The van der Waals surface area contributed by atoms with Crippen molar-refractivity contribution in [3.8, 4) is 0 Å². The minimum absolute atomic E-state index is 0.331. The van der Waals surface area contributed by atoms with E-state index in [2.05, 4.69) is 24.5 Å². The zero-order chi connectivity index (χ0) is 27.0. The van der Waals surface area contributed by atoms with Crippen LogP contribution in [-0.4, -0.2) is 57.7 Å². The number of rotatable bonds is 10. The summed E-state index contributed by atoms with van der Waals surface area (Å²) >= 11 is 0. The van der Waals surface area contributed by atoms with Crippen molar-refractivity contribution in [2.24, 2.45) is 5.92 Å². The van der Waals surface area contributed by atoms with Gasteiger partial charge in [0.1, 0.15) is 17.7 Å². The molecule has 0 bridgehead atoms. The highest BCUT2D eigenvalue weighted by molar-refractivity contribution is 5.92. The maximum atomic E-state index is 13.9. The molecule has 1 aromatic carbocycles. The van der Waals surface area contributed by atoms with Crippen LogP contribution in [0.25, 0.3) is 0 Å². The van der Waals surface area contributed by atoms with Crippen molar-refractivity contribution in [3.05, 3.63) is 35.9 Å². The zero-order valence-corrected chi connectivity index (χ0v) is 22.8. The Balaban J connectivity index is 3.48. The number of carbonyl (C=O) groups excluding carboxylic acids is 3. The minimum Gasteiger partial charge on any atom is -0.444 e. The van der Waals surface area contributed by atoms with Crippen molar-refractivity contribution in [1.29, 1.82) is 0 Å². The third-order valence-corrected chi connectivity index (χ3v) is 5.20. The standard InChI is InChI=1S/C27H45N3O5/c1-18(2)15-16-19(3)30(24(33)21(17-31)28-25(34)35-27(7,8)9)22(20-13-11-10-12-14-20)23(32)29-26(4,5)6/h10-14,18-19,21-22,31H,15-17H2,1-9H3,(H,28,34)(H,29,32). The van der Waals surface area contributed by atoms with E-state index in [1.807, 2.05) is 45.9 Å². The van der Waals surface area contributed by atoms with E-state index >= 15 is 0 Å². The Kier molecular flexibility index (Phi) is 11.2. The molecule has 0 saturated heterocycles. The second-order valence-electron chi connectivity index (χ2n) is 11.5. The maximum absolute atomic E-state index is 13.9. The van der Waals surface area contributed by atoms with Gasteiger partial charge >= 0.3 is 6.09 Å². The average molecular weight is 492 g/mol. The van der Waals surface area contributed by atoms with Crippen LogP contribution in [-0.2, 0) is 14.3 Å². The summed E-state index contributed by atoms with van der Waals surface area (Å²) in [5.41, 5.74) is -0.644. The van der Waals surface area contributed by atoms with Crippen molar-refractivity contribution >= 4 is 17.9 Å². The fourth-order valence-electron chi connectivity index (χ4n) is 3.64. The summed E-state index contributed by atoms with van der Waals surface area (Å²) in [6.07, 6.45) is 0.687. The van der Waals surface area contributed by atoms with Gasteiger partial charge in [0.05, 0.1) is 6.61 Å². The SMILES string of the molecule is CC(C)CCC(C)N(C(=O)C(CO)NC(=O)OC(C)(C)C)C(C(=O)NC(C)(C)C)c1ccccc1. The summed E-state index contributed by atoms with van der Waals surface area (Å²) in [6, 6.07) is 6.54. The molecule has 8 heteroatoms. The average Bonchev–Trinajstić information content (AvgIpc) is 2.71. The van der Waals surface area contributed by atoms with Crippen molar-refractivity contribution in [1.82, 2.24) is 15.5 Å². The third kappa shape index (κ3) is 10.7. The second kappa shape index (κ2) is 12.9. The summed E-state index contributed by atoms with van der Waals surface area (Å²) in [4.78, 5) is 41.4. The van der Waals surface area contributed by atoms with Crippen LogP contribution < -0.4 is 10.6 Å². The summed E-state index contributed by atoms with van der Waals surface area (Å²) in [5, 5.41) is 15.5. The molecule has 0 aliphatic heterocycles. The quantitative estimate of drug-likeness (QED) is 0.455. The predicted octanol–water partition coefficient (Wildman–Crippen LogP) is 4.18.